The zero-order valence-electron chi connectivity index (χ0n) is 22.4. The van der Waals surface area contributed by atoms with Crippen molar-refractivity contribution in [3.8, 4) is 5.69 Å². The van der Waals surface area contributed by atoms with Crippen LogP contribution in [0.5, 0.6) is 0 Å². The molecule has 1 aliphatic rings. The second kappa shape index (κ2) is 13.0. The lowest BCUT2D eigenvalue weighted by Gasteiger charge is -2.15. The average Bonchev–Trinajstić information content (AvgIpc) is 3.71. The molecule has 41 heavy (non-hydrogen) atoms. The van der Waals surface area contributed by atoms with Crippen LogP contribution in [-0.4, -0.2) is 44.4 Å². The summed E-state index contributed by atoms with van der Waals surface area (Å²) in [5.74, 6) is -0.371. The molecule has 1 aliphatic carbocycles. The molecule has 13 heteroatoms. The van der Waals surface area contributed by atoms with Crippen LogP contribution in [0.3, 0.4) is 0 Å². The maximum Gasteiger partial charge on any atom is 0.341 e. The Kier molecular flexibility index (Phi) is 9.25. The van der Waals surface area contributed by atoms with Crippen LogP contribution >= 0.6 is 39.0 Å². The number of benzene rings is 1. The summed E-state index contributed by atoms with van der Waals surface area (Å²) in [5, 5.41) is 14.9. The third-order valence-corrected chi connectivity index (χ3v) is 9.25. The zero-order chi connectivity index (χ0) is 28.9. The van der Waals surface area contributed by atoms with Crippen LogP contribution in [0.15, 0.2) is 56.7 Å². The van der Waals surface area contributed by atoms with Gasteiger partial charge in [0.05, 0.1) is 30.2 Å². The molecule has 0 saturated carbocycles. The summed E-state index contributed by atoms with van der Waals surface area (Å²) in [6.07, 6.45) is 5.19. The predicted octanol–water partition coefficient (Wildman–Crippen LogP) is 5.79. The fraction of sp³-hybridized carbons (Fsp3) is 0.321. The first-order valence-corrected chi connectivity index (χ1v) is 15.7. The van der Waals surface area contributed by atoms with Gasteiger partial charge in [-0.3, -0.25) is 14.2 Å². The molecule has 1 atom stereocenters. The van der Waals surface area contributed by atoms with E-state index in [0.717, 1.165) is 46.3 Å². The van der Waals surface area contributed by atoms with Gasteiger partial charge in [-0.2, -0.15) is 0 Å². The molecule has 2 amide bonds. The Bertz CT molecular complexity index is 1550. The summed E-state index contributed by atoms with van der Waals surface area (Å²) in [6, 6.07) is 10.8. The first-order valence-electron chi connectivity index (χ1n) is 13.2. The van der Waals surface area contributed by atoms with Gasteiger partial charge in [0.2, 0.25) is 5.91 Å². The Balaban J connectivity index is 1.36. The number of furan rings is 1. The summed E-state index contributed by atoms with van der Waals surface area (Å²) >= 11 is 6.14. The van der Waals surface area contributed by atoms with Gasteiger partial charge in [-0.05, 0) is 81.5 Å². The van der Waals surface area contributed by atoms with Crippen LogP contribution in [0, 0.1) is 0 Å². The second-order valence-electron chi connectivity index (χ2n) is 9.26. The van der Waals surface area contributed by atoms with Gasteiger partial charge in [0, 0.05) is 15.0 Å². The monoisotopic (exact) mass is 657 g/mol. The van der Waals surface area contributed by atoms with Crippen LogP contribution in [-0.2, 0) is 28.9 Å². The molecule has 0 fully saturated rings. The molecule has 214 valence electrons. The lowest BCUT2D eigenvalue weighted by Crippen LogP contribution is -2.25. The highest BCUT2D eigenvalue weighted by atomic mass is 79.9. The highest BCUT2D eigenvalue weighted by Gasteiger charge is 2.29. The van der Waals surface area contributed by atoms with E-state index in [1.165, 1.54) is 29.4 Å². The van der Waals surface area contributed by atoms with Crippen molar-refractivity contribution in [1.82, 2.24) is 20.1 Å². The number of thioether (sulfide) groups is 1. The van der Waals surface area contributed by atoms with Crippen molar-refractivity contribution >= 4 is 61.8 Å². The number of carbonyl (C=O) groups is 3. The van der Waals surface area contributed by atoms with Crippen LogP contribution in [0.4, 0.5) is 5.00 Å². The molecule has 3 heterocycles. The van der Waals surface area contributed by atoms with Crippen LogP contribution in [0.2, 0.25) is 0 Å². The topological polar surface area (TPSA) is 128 Å². The van der Waals surface area contributed by atoms with Crippen molar-refractivity contribution in [1.29, 1.82) is 0 Å². The van der Waals surface area contributed by atoms with E-state index in [2.05, 4.69) is 36.8 Å². The number of rotatable bonds is 10. The van der Waals surface area contributed by atoms with Crippen molar-refractivity contribution in [3.05, 3.63) is 74.7 Å². The third kappa shape index (κ3) is 6.57. The number of esters is 1. The van der Waals surface area contributed by atoms with Gasteiger partial charge < -0.3 is 19.8 Å². The maximum atomic E-state index is 13.4. The first-order chi connectivity index (χ1) is 19.9. The number of nitrogens with zero attached hydrogens (tertiary/aromatic N) is 3. The number of fused-ring (bicyclic) bond motifs is 1. The summed E-state index contributed by atoms with van der Waals surface area (Å²) in [6.45, 7) is 3.90. The van der Waals surface area contributed by atoms with Crippen LogP contribution in [0.25, 0.3) is 5.69 Å². The fourth-order valence-electron chi connectivity index (χ4n) is 4.49. The van der Waals surface area contributed by atoms with Crippen LogP contribution < -0.4 is 10.6 Å². The average molecular weight is 659 g/mol. The number of anilines is 1. The van der Waals surface area contributed by atoms with Crippen molar-refractivity contribution in [2.24, 2.45) is 0 Å². The molecule has 0 radical (unpaired) electrons. The van der Waals surface area contributed by atoms with E-state index in [9.17, 15) is 14.4 Å². The van der Waals surface area contributed by atoms with Crippen molar-refractivity contribution in [2.45, 2.75) is 56.5 Å². The largest absolute Gasteiger partial charge is 0.462 e. The molecule has 0 aliphatic heterocycles. The number of hydrogen-bond donors (Lipinski definition) is 2. The Labute approximate surface area is 253 Å². The normalized spacial score (nSPS) is 13.3. The molecule has 0 unspecified atom stereocenters. The minimum absolute atomic E-state index is 0.0907. The molecule has 0 spiro atoms. The number of halogens is 1. The molecular weight excluding hydrogens is 630 g/mol. The Morgan fingerprint density at radius 3 is 2.68 bits per heavy atom. The molecule has 10 nitrogen and oxygen atoms in total. The summed E-state index contributed by atoms with van der Waals surface area (Å²) in [4.78, 5) is 39.8. The molecule has 5 rings (SSSR count). The lowest BCUT2D eigenvalue weighted by atomic mass is 9.95. The molecule has 0 saturated heterocycles. The predicted molar refractivity (Wildman–Crippen MR) is 160 cm³/mol. The Morgan fingerprint density at radius 1 is 1.17 bits per heavy atom. The summed E-state index contributed by atoms with van der Waals surface area (Å²) in [5.41, 5.74) is 2.24. The van der Waals surface area contributed by atoms with Crippen molar-refractivity contribution < 1.29 is 23.5 Å². The SMILES string of the molecule is CCOC(=O)c1c(NC(=O)[C@@H](C)Sc2nnc(CNC(=O)c3ccco3)n2-c2ccc(Br)cc2)sc2c1CCCC2. The van der Waals surface area contributed by atoms with Crippen LogP contribution in [0.1, 0.15) is 63.9 Å². The number of nitrogens with one attached hydrogen (secondary N) is 2. The fourth-order valence-corrected chi connectivity index (χ4v) is 6.92. The number of aromatic nitrogens is 3. The van der Waals surface area contributed by atoms with Crippen molar-refractivity contribution in [2.75, 3.05) is 11.9 Å². The highest BCUT2D eigenvalue weighted by Crippen LogP contribution is 2.39. The molecular formula is C28H28BrN5O5S2. The number of thiophene rings is 1. The molecule has 3 aromatic heterocycles. The number of ether oxygens (including phenoxy) is 1. The van der Waals surface area contributed by atoms with E-state index in [-0.39, 0.29) is 30.7 Å². The molecule has 2 N–H and O–H groups in total. The molecule has 0 bridgehead atoms. The minimum Gasteiger partial charge on any atom is -0.462 e. The quantitative estimate of drug-likeness (QED) is 0.162. The molecule has 4 aromatic rings. The van der Waals surface area contributed by atoms with Gasteiger partial charge >= 0.3 is 5.97 Å². The van der Waals surface area contributed by atoms with E-state index < -0.39 is 11.2 Å². The zero-order valence-corrected chi connectivity index (χ0v) is 25.7. The Morgan fingerprint density at radius 2 is 1.95 bits per heavy atom. The van der Waals surface area contributed by atoms with Gasteiger partial charge in [-0.25, -0.2) is 4.79 Å². The lowest BCUT2D eigenvalue weighted by molar-refractivity contribution is -0.115. The number of hydrogen-bond acceptors (Lipinski definition) is 9. The molecule has 1 aromatic carbocycles. The van der Waals surface area contributed by atoms with Gasteiger partial charge in [-0.15, -0.1) is 21.5 Å². The van der Waals surface area contributed by atoms with Gasteiger partial charge in [-0.1, -0.05) is 27.7 Å². The Hall–Kier alpha value is -3.42. The van der Waals surface area contributed by atoms with E-state index in [4.69, 9.17) is 9.15 Å². The third-order valence-electron chi connectivity index (χ3n) is 6.48. The maximum absolute atomic E-state index is 13.4. The summed E-state index contributed by atoms with van der Waals surface area (Å²) in [7, 11) is 0. The number of amides is 2. The van der Waals surface area contributed by atoms with Crippen molar-refractivity contribution in [3.63, 3.8) is 0 Å². The first kappa shape index (κ1) is 29.1. The van der Waals surface area contributed by atoms with Gasteiger partial charge in [0.1, 0.15) is 5.00 Å². The summed E-state index contributed by atoms with van der Waals surface area (Å²) < 4.78 is 13.2. The van der Waals surface area contributed by atoms with E-state index in [0.29, 0.717) is 21.5 Å². The van der Waals surface area contributed by atoms with Gasteiger partial charge in [0.15, 0.2) is 16.7 Å². The van der Waals surface area contributed by atoms with E-state index >= 15 is 0 Å². The van der Waals surface area contributed by atoms with E-state index in [1.54, 1.807) is 30.5 Å². The second-order valence-corrected chi connectivity index (χ2v) is 12.6. The standard InChI is InChI=1S/C28H28BrN5O5S2/c1-3-38-27(37)23-19-7-4-5-9-21(19)41-26(23)31-24(35)16(2)40-28-33-32-22(15-30-25(36)20-8-6-14-39-20)34(28)18-12-10-17(29)11-13-18/h6,8,10-14,16H,3-5,7,9,15H2,1-2H3,(H,30,36)(H,31,35)/t16-/m1/s1. The van der Waals surface area contributed by atoms with E-state index in [1.807, 2.05) is 24.3 Å². The minimum atomic E-state index is -0.576. The van der Waals surface area contributed by atoms with Gasteiger partial charge in [0.25, 0.3) is 5.91 Å². The highest BCUT2D eigenvalue weighted by molar-refractivity contribution is 9.10. The number of aryl methyl sites for hydroxylation is 1. The smallest absolute Gasteiger partial charge is 0.341 e. The number of carbonyl (C=O) groups excluding carboxylic acids is 3.